The maximum Gasteiger partial charge on any atom is 0.0484 e. The molecule has 1 aromatic heterocycles. The lowest BCUT2D eigenvalue weighted by Gasteiger charge is -2.13. The maximum atomic E-state index is 5.33. The minimum Gasteiger partial charge on any atom is -0.382 e. The fourth-order valence-corrected chi connectivity index (χ4v) is 2.14. The zero-order chi connectivity index (χ0) is 9.52. The Morgan fingerprint density at radius 1 is 1.62 bits per heavy atom. The average Bonchev–Trinajstić information content (AvgIpc) is 2.65. The minimum atomic E-state index is 0.451. The lowest BCUT2D eigenvalue weighted by Crippen LogP contribution is -2.17. The van der Waals surface area contributed by atoms with Crippen LogP contribution in [0.15, 0.2) is 17.5 Å². The maximum absolute atomic E-state index is 5.33. The second-order valence-electron chi connectivity index (χ2n) is 2.84. The number of hydrogen-bond acceptors (Lipinski definition) is 3. The van der Waals surface area contributed by atoms with Gasteiger partial charge in [-0.25, -0.2) is 0 Å². The summed E-state index contributed by atoms with van der Waals surface area (Å²) in [7, 11) is 2.00. The van der Waals surface area contributed by atoms with E-state index >= 15 is 0 Å². The minimum absolute atomic E-state index is 0.451. The first-order chi connectivity index (χ1) is 6.38. The van der Waals surface area contributed by atoms with Gasteiger partial charge in [-0.1, -0.05) is 6.07 Å². The van der Waals surface area contributed by atoms with E-state index in [0.29, 0.717) is 6.04 Å². The van der Waals surface area contributed by atoms with E-state index in [1.807, 2.05) is 14.0 Å². The molecule has 0 spiro atoms. The second kappa shape index (κ2) is 6.13. The molecule has 0 aromatic carbocycles. The second-order valence-corrected chi connectivity index (χ2v) is 3.82. The predicted molar refractivity (Wildman–Crippen MR) is 57.2 cm³/mol. The molecule has 1 N–H and O–H groups in total. The van der Waals surface area contributed by atoms with Crippen molar-refractivity contribution in [1.82, 2.24) is 5.32 Å². The van der Waals surface area contributed by atoms with Gasteiger partial charge in [-0.2, -0.15) is 0 Å². The van der Waals surface area contributed by atoms with Crippen molar-refractivity contribution in [3.05, 3.63) is 22.4 Å². The van der Waals surface area contributed by atoms with Crippen LogP contribution in [0.2, 0.25) is 0 Å². The zero-order valence-electron chi connectivity index (χ0n) is 8.25. The SMILES string of the molecule is CCOCCC(NC)c1cccs1. The Balaban J connectivity index is 2.35. The van der Waals surface area contributed by atoms with Crippen molar-refractivity contribution in [2.24, 2.45) is 0 Å². The topological polar surface area (TPSA) is 21.3 Å². The van der Waals surface area contributed by atoms with Gasteiger partial charge in [0.25, 0.3) is 0 Å². The summed E-state index contributed by atoms with van der Waals surface area (Å²) in [6.07, 6.45) is 1.05. The largest absolute Gasteiger partial charge is 0.382 e. The Morgan fingerprint density at radius 2 is 2.46 bits per heavy atom. The Labute approximate surface area is 83.9 Å². The summed E-state index contributed by atoms with van der Waals surface area (Å²) < 4.78 is 5.33. The molecule has 0 saturated carbocycles. The lowest BCUT2D eigenvalue weighted by molar-refractivity contribution is 0.137. The lowest BCUT2D eigenvalue weighted by atomic mass is 10.2. The summed E-state index contributed by atoms with van der Waals surface area (Å²) in [5, 5.41) is 5.41. The Bertz CT molecular complexity index is 211. The fourth-order valence-electron chi connectivity index (χ4n) is 1.26. The van der Waals surface area contributed by atoms with Crippen molar-refractivity contribution < 1.29 is 4.74 Å². The summed E-state index contributed by atoms with van der Waals surface area (Å²) in [6, 6.07) is 4.70. The van der Waals surface area contributed by atoms with Crippen LogP contribution in [0.1, 0.15) is 24.3 Å². The van der Waals surface area contributed by atoms with E-state index in [2.05, 4.69) is 22.8 Å². The van der Waals surface area contributed by atoms with Crippen LogP contribution in [0, 0.1) is 0 Å². The molecule has 1 aromatic rings. The van der Waals surface area contributed by atoms with Crippen LogP contribution >= 0.6 is 11.3 Å². The molecule has 1 heterocycles. The smallest absolute Gasteiger partial charge is 0.0484 e. The number of ether oxygens (including phenoxy) is 1. The van der Waals surface area contributed by atoms with Crippen molar-refractivity contribution >= 4 is 11.3 Å². The molecule has 0 fully saturated rings. The van der Waals surface area contributed by atoms with Gasteiger partial charge in [0.2, 0.25) is 0 Å². The molecule has 0 saturated heterocycles. The van der Waals surface area contributed by atoms with Gasteiger partial charge in [-0.05, 0) is 31.8 Å². The third-order valence-electron chi connectivity index (χ3n) is 1.99. The number of nitrogens with one attached hydrogen (secondary N) is 1. The molecule has 0 amide bonds. The highest BCUT2D eigenvalue weighted by Crippen LogP contribution is 2.21. The van der Waals surface area contributed by atoms with Crippen molar-refractivity contribution in [1.29, 1.82) is 0 Å². The monoisotopic (exact) mass is 199 g/mol. The fraction of sp³-hybridized carbons (Fsp3) is 0.600. The number of hydrogen-bond donors (Lipinski definition) is 1. The van der Waals surface area contributed by atoms with Crippen molar-refractivity contribution in [3.8, 4) is 0 Å². The molecular weight excluding hydrogens is 182 g/mol. The Morgan fingerprint density at radius 3 is 3.00 bits per heavy atom. The molecular formula is C10H17NOS. The van der Waals surface area contributed by atoms with Crippen LogP contribution in [-0.4, -0.2) is 20.3 Å². The first kappa shape index (κ1) is 10.7. The van der Waals surface area contributed by atoms with Gasteiger partial charge < -0.3 is 10.1 Å². The number of thiophene rings is 1. The van der Waals surface area contributed by atoms with Crippen LogP contribution in [0.3, 0.4) is 0 Å². The van der Waals surface area contributed by atoms with Crippen molar-refractivity contribution in [2.45, 2.75) is 19.4 Å². The molecule has 1 unspecified atom stereocenters. The summed E-state index contributed by atoms with van der Waals surface area (Å²) in [6.45, 7) is 3.67. The highest BCUT2D eigenvalue weighted by molar-refractivity contribution is 7.10. The van der Waals surface area contributed by atoms with E-state index in [1.54, 1.807) is 11.3 Å². The Kier molecular flexibility index (Phi) is 5.05. The molecule has 1 rings (SSSR count). The van der Waals surface area contributed by atoms with Crippen molar-refractivity contribution in [2.75, 3.05) is 20.3 Å². The van der Waals surface area contributed by atoms with Gasteiger partial charge in [0.1, 0.15) is 0 Å². The summed E-state index contributed by atoms with van der Waals surface area (Å²) >= 11 is 1.80. The first-order valence-corrected chi connectivity index (χ1v) is 5.54. The van der Waals surface area contributed by atoms with Gasteiger partial charge in [-0.3, -0.25) is 0 Å². The van der Waals surface area contributed by atoms with Crippen LogP contribution in [0.4, 0.5) is 0 Å². The molecule has 0 radical (unpaired) electrons. The van der Waals surface area contributed by atoms with E-state index in [9.17, 15) is 0 Å². The number of rotatable bonds is 6. The first-order valence-electron chi connectivity index (χ1n) is 4.67. The molecule has 3 heteroatoms. The van der Waals surface area contributed by atoms with Gasteiger partial charge >= 0.3 is 0 Å². The third kappa shape index (κ3) is 3.46. The molecule has 0 aliphatic heterocycles. The van der Waals surface area contributed by atoms with Crippen molar-refractivity contribution in [3.63, 3.8) is 0 Å². The Hall–Kier alpha value is -0.380. The van der Waals surface area contributed by atoms with Gasteiger partial charge in [0.15, 0.2) is 0 Å². The quantitative estimate of drug-likeness (QED) is 0.710. The van der Waals surface area contributed by atoms with Crippen LogP contribution in [0.5, 0.6) is 0 Å². The normalized spacial score (nSPS) is 13.1. The third-order valence-corrected chi connectivity index (χ3v) is 2.98. The molecule has 0 aliphatic rings. The molecule has 0 aliphatic carbocycles. The standard InChI is InChI=1S/C10H17NOS/c1-3-12-7-6-9(11-2)10-5-4-8-13-10/h4-5,8-9,11H,3,6-7H2,1-2H3. The van der Waals surface area contributed by atoms with Gasteiger partial charge in [-0.15, -0.1) is 11.3 Å². The highest BCUT2D eigenvalue weighted by atomic mass is 32.1. The van der Waals surface area contributed by atoms with Gasteiger partial charge in [0, 0.05) is 24.1 Å². The van der Waals surface area contributed by atoms with Crippen LogP contribution in [0.25, 0.3) is 0 Å². The summed E-state index contributed by atoms with van der Waals surface area (Å²) in [4.78, 5) is 1.39. The predicted octanol–water partition coefficient (Wildman–Crippen LogP) is 2.44. The molecule has 0 bridgehead atoms. The van der Waals surface area contributed by atoms with E-state index < -0.39 is 0 Å². The van der Waals surface area contributed by atoms with E-state index in [4.69, 9.17) is 4.74 Å². The molecule has 13 heavy (non-hydrogen) atoms. The molecule has 74 valence electrons. The van der Waals surface area contributed by atoms with Crippen LogP contribution in [-0.2, 0) is 4.74 Å². The zero-order valence-corrected chi connectivity index (χ0v) is 9.06. The molecule has 2 nitrogen and oxygen atoms in total. The van der Waals surface area contributed by atoms with Crippen LogP contribution < -0.4 is 5.32 Å². The highest BCUT2D eigenvalue weighted by Gasteiger charge is 2.08. The molecule has 1 atom stereocenters. The van der Waals surface area contributed by atoms with E-state index in [-0.39, 0.29) is 0 Å². The average molecular weight is 199 g/mol. The van der Waals surface area contributed by atoms with E-state index in [1.165, 1.54) is 4.88 Å². The van der Waals surface area contributed by atoms with Gasteiger partial charge in [0.05, 0.1) is 0 Å². The van der Waals surface area contributed by atoms with E-state index in [0.717, 1.165) is 19.6 Å². The summed E-state index contributed by atoms with van der Waals surface area (Å²) in [5.41, 5.74) is 0. The summed E-state index contributed by atoms with van der Waals surface area (Å²) in [5.74, 6) is 0.